The van der Waals surface area contributed by atoms with E-state index in [9.17, 15) is 0 Å². The number of piperidine rings is 1. The lowest BCUT2D eigenvalue weighted by molar-refractivity contribution is 0.415. The zero-order valence-electron chi connectivity index (χ0n) is 14.9. The molecule has 0 aliphatic carbocycles. The predicted molar refractivity (Wildman–Crippen MR) is 106 cm³/mol. The number of allylic oxidation sites excluding steroid dienone is 2. The summed E-state index contributed by atoms with van der Waals surface area (Å²) in [4.78, 5) is 4.98. The molecular weight excluding hydrogens is 306 g/mol. The Bertz CT molecular complexity index is 726. The Morgan fingerprint density at radius 2 is 1.60 bits per heavy atom. The Morgan fingerprint density at radius 3 is 2.20 bits per heavy atom. The Morgan fingerprint density at radius 1 is 1.00 bits per heavy atom. The number of nitrogens with zero attached hydrogens (tertiary/aromatic N) is 1. The first-order valence-corrected chi connectivity index (χ1v) is 9.18. The van der Waals surface area contributed by atoms with E-state index in [1.807, 2.05) is 36.4 Å². The standard InChI is InChI=1S/C22H27N3/c1-2-20(21(23)17-13-15-24-16-14-17)22(18-9-5-3-6-10-18)25-19-11-7-4-8-12-19/h3-12,17,24H,2,13-16,23H2,1H3/b21-20-,25-22?. The summed E-state index contributed by atoms with van der Waals surface area (Å²) in [5.74, 6) is 0.445. The van der Waals surface area contributed by atoms with Crippen LogP contribution in [-0.4, -0.2) is 18.8 Å². The van der Waals surface area contributed by atoms with Crippen LogP contribution >= 0.6 is 0 Å². The van der Waals surface area contributed by atoms with Crippen molar-refractivity contribution in [2.75, 3.05) is 13.1 Å². The molecule has 2 aromatic carbocycles. The minimum Gasteiger partial charge on any atom is -0.402 e. The van der Waals surface area contributed by atoms with Crippen LogP contribution in [-0.2, 0) is 0 Å². The SMILES string of the molecule is CC/C(C(=Nc1ccccc1)c1ccccc1)=C(/N)C1CCNCC1. The molecule has 3 rings (SSSR count). The number of nitrogens with one attached hydrogen (secondary N) is 1. The van der Waals surface area contributed by atoms with E-state index in [1.54, 1.807) is 0 Å². The zero-order valence-corrected chi connectivity index (χ0v) is 14.9. The molecule has 0 aromatic heterocycles. The molecule has 0 spiro atoms. The molecule has 0 bridgehead atoms. The highest BCUT2D eigenvalue weighted by molar-refractivity contribution is 6.14. The Kier molecular flexibility index (Phi) is 6.02. The number of aliphatic imine (C=N–C) groups is 1. The average molecular weight is 333 g/mol. The molecule has 1 heterocycles. The normalized spacial score (nSPS) is 17.2. The van der Waals surface area contributed by atoms with Gasteiger partial charge < -0.3 is 11.1 Å². The molecular formula is C22H27N3. The lowest BCUT2D eigenvalue weighted by atomic mass is 9.88. The van der Waals surface area contributed by atoms with Gasteiger partial charge in [0.2, 0.25) is 0 Å². The summed E-state index contributed by atoms with van der Waals surface area (Å²) in [7, 11) is 0. The van der Waals surface area contributed by atoms with Crippen molar-refractivity contribution in [2.45, 2.75) is 26.2 Å². The third-order valence-corrected chi connectivity index (χ3v) is 4.81. The van der Waals surface area contributed by atoms with Gasteiger partial charge in [-0.2, -0.15) is 0 Å². The van der Waals surface area contributed by atoms with Crippen LogP contribution in [0.2, 0.25) is 0 Å². The third kappa shape index (κ3) is 4.37. The number of nitrogens with two attached hydrogens (primary N) is 1. The fourth-order valence-electron chi connectivity index (χ4n) is 3.42. The second-order valence-corrected chi connectivity index (χ2v) is 6.47. The number of para-hydroxylation sites is 1. The molecule has 1 aliphatic rings. The summed E-state index contributed by atoms with van der Waals surface area (Å²) in [6, 6.07) is 20.5. The number of hydrogen-bond acceptors (Lipinski definition) is 3. The second kappa shape index (κ2) is 8.63. The van der Waals surface area contributed by atoms with Crippen molar-refractivity contribution in [3.8, 4) is 0 Å². The summed E-state index contributed by atoms with van der Waals surface area (Å²) in [5.41, 5.74) is 12.0. The molecule has 0 unspecified atom stereocenters. The van der Waals surface area contributed by atoms with Crippen LogP contribution in [0, 0.1) is 5.92 Å². The van der Waals surface area contributed by atoms with Crippen LogP contribution in [0.1, 0.15) is 31.7 Å². The van der Waals surface area contributed by atoms with Crippen molar-refractivity contribution in [3.05, 3.63) is 77.5 Å². The Hall–Kier alpha value is -2.39. The number of benzene rings is 2. The Labute approximate surface area is 150 Å². The molecule has 3 heteroatoms. The largest absolute Gasteiger partial charge is 0.402 e. The van der Waals surface area contributed by atoms with E-state index in [0.29, 0.717) is 5.92 Å². The highest BCUT2D eigenvalue weighted by Crippen LogP contribution is 2.26. The molecule has 130 valence electrons. The van der Waals surface area contributed by atoms with Gasteiger partial charge in [0, 0.05) is 17.2 Å². The van der Waals surface area contributed by atoms with Crippen LogP contribution in [0.4, 0.5) is 5.69 Å². The van der Waals surface area contributed by atoms with Crippen LogP contribution in [0.5, 0.6) is 0 Å². The number of hydrogen-bond donors (Lipinski definition) is 2. The predicted octanol–water partition coefficient (Wildman–Crippen LogP) is 4.43. The minimum atomic E-state index is 0.445. The maximum Gasteiger partial charge on any atom is 0.0758 e. The van der Waals surface area contributed by atoms with E-state index in [-0.39, 0.29) is 0 Å². The van der Waals surface area contributed by atoms with Crippen LogP contribution in [0.25, 0.3) is 0 Å². The van der Waals surface area contributed by atoms with E-state index in [0.717, 1.165) is 55.0 Å². The molecule has 0 atom stereocenters. The summed E-state index contributed by atoms with van der Waals surface area (Å²) in [6.07, 6.45) is 3.09. The van der Waals surface area contributed by atoms with Gasteiger partial charge in [0.05, 0.1) is 11.4 Å². The highest BCUT2D eigenvalue weighted by Gasteiger charge is 2.21. The first kappa shape index (κ1) is 17.4. The van der Waals surface area contributed by atoms with Crippen LogP contribution in [0.15, 0.2) is 76.9 Å². The molecule has 3 N–H and O–H groups in total. The van der Waals surface area contributed by atoms with E-state index >= 15 is 0 Å². The van der Waals surface area contributed by atoms with Gasteiger partial charge in [0.15, 0.2) is 0 Å². The fourth-order valence-corrected chi connectivity index (χ4v) is 3.42. The van der Waals surface area contributed by atoms with Gasteiger partial charge in [-0.3, -0.25) is 0 Å². The molecule has 0 saturated carbocycles. The van der Waals surface area contributed by atoms with Gasteiger partial charge in [0.25, 0.3) is 0 Å². The second-order valence-electron chi connectivity index (χ2n) is 6.47. The molecule has 0 amide bonds. The van der Waals surface area contributed by atoms with Crippen LogP contribution < -0.4 is 11.1 Å². The van der Waals surface area contributed by atoms with Crippen molar-refractivity contribution in [1.82, 2.24) is 5.32 Å². The lowest BCUT2D eigenvalue weighted by Crippen LogP contribution is -2.31. The van der Waals surface area contributed by atoms with E-state index in [2.05, 4.69) is 36.5 Å². The smallest absolute Gasteiger partial charge is 0.0758 e. The van der Waals surface area contributed by atoms with Crippen molar-refractivity contribution in [2.24, 2.45) is 16.6 Å². The Balaban J connectivity index is 2.07. The maximum absolute atomic E-state index is 6.67. The van der Waals surface area contributed by atoms with Gasteiger partial charge in [-0.15, -0.1) is 0 Å². The highest BCUT2D eigenvalue weighted by atomic mass is 14.9. The quantitative estimate of drug-likeness (QED) is 0.795. The third-order valence-electron chi connectivity index (χ3n) is 4.81. The average Bonchev–Trinajstić information content (AvgIpc) is 2.70. The van der Waals surface area contributed by atoms with E-state index in [1.165, 1.54) is 5.57 Å². The van der Waals surface area contributed by atoms with Crippen molar-refractivity contribution < 1.29 is 0 Å². The molecule has 2 aromatic rings. The van der Waals surface area contributed by atoms with Gasteiger partial charge in [-0.05, 0) is 50.1 Å². The van der Waals surface area contributed by atoms with Crippen LogP contribution in [0.3, 0.4) is 0 Å². The summed E-state index contributed by atoms with van der Waals surface area (Å²) >= 11 is 0. The van der Waals surface area contributed by atoms with Gasteiger partial charge >= 0.3 is 0 Å². The molecule has 1 aliphatic heterocycles. The van der Waals surface area contributed by atoms with Gasteiger partial charge in [-0.1, -0.05) is 55.5 Å². The van der Waals surface area contributed by atoms with Crippen molar-refractivity contribution >= 4 is 11.4 Å². The summed E-state index contributed by atoms with van der Waals surface area (Å²) < 4.78 is 0. The first-order valence-electron chi connectivity index (χ1n) is 9.18. The fraction of sp³-hybridized carbons (Fsp3) is 0.318. The van der Waals surface area contributed by atoms with Crippen molar-refractivity contribution in [1.29, 1.82) is 0 Å². The summed E-state index contributed by atoms with van der Waals surface area (Å²) in [6.45, 7) is 4.25. The number of rotatable bonds is 5. The summed E-state index contributed by atoms with van der Waals surface area (Å²) in [5, 5.41) is 3.42. The monoisotopic (exact) mass is 333 g/mol. The van der Waals surface area contributed by atoms with Gasteiger partial charge in [0.1, 0.15) is 0 Å². The van der Waals surface area contributed by atoms with Gasteiger partial charge in [-0.25, -0.2) is 4.99 Å². The molecule has 0 radical (unpaired) electrons. The van der Waals surface area contributed by atoms with E-state index < -0.39 is 0 Å². The molecule has 1 saturated heterocycles. The molecule has 25 heavy (non-hydrogen) atoms. The van der Waals surface area contributed by atoms with E-state index in [4.69, 9.17) is 10.7 Å². The van der Waals surface area contributed by atoms with Crippen molar-refractivity contribution in [3.63, 3.8) is 0 Å². The topological polar surface area (TPSA) is 50.4 Å². The minimum absolute atomic E-state index is 0.445. The first-order chi connectivity index (χ1) is 12.3. The molecule has 1 fully saturated rings. The maximum atomic E-state index is 6.67. The molecule has 3 nitrogen and oxygen atoms in total. The zero-order chi connectivity index (χ0) is 17.5. The lowest BCUT2D eigenvalue weighted by Gasteiger charge is -2.26.